The number of hydrogen-bond acceptors (Lipinski definition) is 4. The molecule has 0 amide bonds. The molecule has 3 aromatic rings. The number of benzene rings is 1. The fourth-order valence-corrected chi connectivity index (χ4v) is 3.45. The Hall–Kier alpha value is -2.15. The molecule has 1 aliphatic heterocycles. The van der Waals surface area contributed by atoms with Crippen LogP contribution in [0.15, 0.2) is 36.8 Å². The van der Waals surface area contributed by atoms with Crippen LogP contribution in [-0.4, -0.2) is 40.4 Å². The van der Waals surface area contributed by atoms with Crippen LogP contribution in [0.2, 0.25) is 0 Å². The molecule has 2 aromatic heterocycles. The highest BCUT2D eigenvalue weighted by Crippen LogP contribution is 2.24. The van der Waals surface area contributed by atoms with Crippen LogP contribution < -0.4 is 0 Å². The Bertz CT molecular complexity index is 815. The van der Waals surface area contributed by atoms with E-state index < -0.39 is 10.8 Å². The van der Waals surface area contributed by atoms with E-state index in [9.17, 15) is 9.32 Å². The van der Waals surface area contributed by atoms with E-state index in [1.54, 1.807) is 29.2 Å². The summed E-state index contributed by atoms with van der Waals surface area (Å²) in [6, 6.07) is 5.37. The molecule has 0 unspecified atom stereocenters. The molecule has 7 heteroatoms. The van der Waals surface area contributed by atoms with Gasteiger partial charge in [0.05, 0.1) is 30.1 Å². The van der Waals surface area contributed by atoms with Gasteiger partial charge in [0.1, 0.15) is 11.4 Å². The van der Waals surface area contributed by atoms with Gasteiger partial charge in [-0.1, -0.05) is 0 Å². The topological polar surface area (TPSA) is 72.9 Å². The minimum absolute atomic E-state index is 0.209. The Labute approximate surface area is 117 Å². The van der Waals surface area contributed by atoms with Crippen molar-refractivity contribution < 1.29 is 9.32 Å². The first-order valence-electron chi connectivity index (χ1n) is 6.27. The Morgan fingerprint density at radius 2 is 2.10 bits per heavy atom. The smallest absolute Gasteiger partial charge is 0.117 e. The molecule has 6 nitrogen and oxygen atoms in total. The average Bonchev–Trinajstić information content (AvgIpc) is 3.00. The maximum absolute atomic E-state index is 11.2. The minimum atomic E-state index is -0.692. The third-order valence-corrected chi connectivity index (χ3v) is 5.03. The van der Waals surface area contributed by atoms with Gasteiger partial charge in [0.25, 0.3) is 0 Å². The van der Waals surface area contributed by atoms with E-state index in [1.165, 1.54) is 0 Å². The standard InChI is InChI=1S/C13H12N4O2S/c18-12-2-1-9-4-15-17(13(9)3-12)10-5-14-16(6-10)11-7-20(19)8-11/h1-6,11,18H,7-8H2. The number of phenols is 1. The number of phenolic OH excluding ortho intramolecular Hbond substituents is 1. The van der Waals surface area contributed by atoms with E-state index in [4.69, 9.17) is 0 Å². The second-order valence-corrected chi connectivity index (χ2v) is 6.45. The first-order chi connectivity index (χ1) is 9.70. The van der Waals surface area contributed by atoms with E-state index in [-0.39, 0.29) is 11.8 Å². The molecule has 4 rings (SSSR count). The summed E-state index contributed by atoms with van der Waals surface area (Å²) in [4.78, 5) is 0. The second kappa shape index (κ2) is 4.17. The quantitative estimate of drug-likeness (QED) is 0.770. The van der Waals surface area contributed by atoms with Crippen molar-refractivity contribution in [1.82, 2.24) is 19.6 Å². The molecule has 1 aromatic carbocycles. The fraction of sp³-hybridized carbons (Fsp3) is 0.231. The van der Waals surface area contributed by atoms with E-state index in [2.05, 4.69) is 10.2 Å². The van der Waals surface area contributed by atoms with Crippen LogP contribution >= 0.6 is 0 Å². The molecule has 1 saturated heterocycles. The van der Waals surface area contributed by atoms with Crippen molar-refractivity contribution in [2.45, 2.75) is 6.04 Å². The summed E-state index contributed by atoms with van der Waals surface area (Å²) in [6.07, 6.45) is 5.39. The number of aromatic nitrogens is 4. The van der Waals surface area contributed by atoms with Crippen molar-refractivity contribution in [3.63, 3.8) is 0 Å². The predicted molar refractivity (Wildman–Crippen MR) is 75.4 cm³/mol. The van der Waals surface area contributed by atoms with Crippen LogP contribution in [0.4, 0.5) is 0 Å². The van der Waals surface area contributed by atoms with Crippen molar-refractivity contribution >= 4 is 21.7 Å². The van der Waals surface area contributed by atoms with E-state index in [1.807, 2.05) is 16.9 Å². The molecule has 0 radical (unpaired) electrons. The first kappa shape index (κ1) is 11.7. The molecule has 0 atom stereocenters. The number of aromatic hydroxyl groups is 1. The molecule has 0 saturated carbocycles. The Morgan fingerprint density at radius 3 is 2.90 bits per heavy atom. The highest BCUT2D eigenvalue weighted by atomic mass is 32.2. The first-order valence-corrected chi connectivity index (χ1v) is 7.76. The van der Waals surface area contributed by atoms with E-state index >= 15 is 0 Å². The van der Waals surface area contributed by atoms with Gasteiger partial charge in [-0.3, -0.25) is 8.89 Å². The lowest BCUT2D eigenvalue weighted by molar-refractivity contribution is 0.476. The maximum Gasteiger partial charge on any atom is 0.117 e. The third-order valence-electron chi connectivity index (χ3n) is 3.52. The van der Waals surface area contributed by atoms with Gasteiger partial charge in [-0.25, -0.2) is 4.68 Å². The van der Waals surface area contributed by atoms with Gasteiger partial charge in [-0.2, -0.15) is 10.2 Å². The van der Waals surface area contributed by atoms with Crippen molar-refractivity contribution in [2.75, 3.05) is 11.5 Å². The van der Waals surface area contributed by atoms with Gasteiger partial charge in [-0.15, -0.1) is 0 Å². The Kier molecular flexibility index (Phi) is 2.43. The minimum Gasteiger partial charge on any atom is -0.508 e. The molecular formula is C13H12N4O2S. The van der Waals surface area contributed by atoms with Gasteiger partial charge in [0, 0.05) is 33.8 Å². The number of nitrogens with zero attached hydrogens (tertiary/aromatic N) is 4. The van der Waals surface area contributed by atoms with Gasteiger partial charge < -0.3 is 5.11 Å². The largest absolute Gasteiger partial charge is 0.508 e. The second-order valence-electron chi connectivity index (χ2n) is 4.91. The normalized spacial score (nSPS) is 22.0. The van der Waals surface area contributed by atoms with Crippen molar-refractivity contribution in [1.29, 1.82) is 0 Å². The highest BCUT2D eigenvalue weighted by molar-refractivity contribution is 7.86. The van der Waals surface area contributed by atoms with Gasteiger partial charge in [0.2, 0.25) is 0 Å². The summed E-state index contributed by atoms with van der Waals surface area (Å²) in [5.41, 5.74) is 1.67. The van der Waals surface area contributed by atoms with Crippen molar-refractivity contribution in [3.05, 3.63) is 36.8 Å². The zero-order valence-corrected chi connectivity index (χ0v) is 11.3. The lowest BCUT2D eigenvalue weighted by Crippen LogP contribution is -2.33. The van der Waals surface area contributed by atoms with Crippen LogP contribution in [0.3, 0.4) is 0 Å². The summed E-state index contributed by atoms with van der Waals surface area (Å²) >= 11 is 0. The summed E-state index contributed by atoms with van der Waals surface area (Å²) < 4.78 is 14.7. The van der Waals surface area contributed by atoms with Crippen LogP contribution in [0.25, 0.3) is 16.6 Å². The lowest BCUT2D eigenvalue weighted by atomic mass is 10.2. The predicted octanol–water partition coefficient (Wildman–Crippen LogP) is 1.23. The summed E-state index contributed by atoms with van der Waals surface area (Å²) in [6.45, 7) is 0. The zero-order valence-electron chi connectivity index (χ0n) is 10.5. The van der Waals surface area contributed by atoms with E-state index in [0.29, 0.717) is 11.5 Å². The molecule has 0 aliphatic carbocycles. The van der Waals surface area contributed by atoms with Crippen LogP contribution in [-0.2, 0) is 10.8 Å². The summed E-state index contributed by atoms with van der Waals surface area (Å²) in [5, 5.41) is 19.2. The molecule has 0 spiro atoms. The molecular weight excluding hydrogens is 276 g/mol. The lowest BCUT2D eigenvalue weighted by Gasteiger charge is -2.24. The van der Waals surface area contributed by atoms with Crippen LogP contribution in [0.5, 0.6) is 5.75 Å². The summed E-state index contributed by atoms with van der Waals surface area (Å²) in [5.74, 6) is 1.55. The maximum atomic E-state index is 11.2. The number of hydrogen-bond donors (Lipinski definition) is 1. The fourth-order valence-electron chi connectivity index (χ4n) is 2.38. The molecule has 3 heterocycles. The SMILES string of the molecule is O=S1CC(n2cc(-n3ncc4ccc(O)cc43)cn2)C1. The molecule has 0 bridgehead atoms. The van der Waals surface area contributed by atoms with Gasteiger partial charge in [-0.05, 0) is 12.1 Å². The summed E-state index contributed by atoms with van der Waals surface area (Å²) in [7, 11) is -0.692. The Balaban J connectivity index is 1.75. The average molecular weight is 288 g/mol. The Morgan fingerprint density at radius 1 is 1.25 bits per heavy atom. The molecule has 102 valence electrons. The zero-order chi connectivity index (χ0) is 13.7. The third kappa shape index (κ3) is 1.74. The van der Waals surface area contributed by atoms with Crippen molar-refractivity contribution in [2.24, 2.45) is 0 Å². The highest BCUT2D eigenvalue weighted by Gasteiger charge is 2.27. The van der Waals surface area contributed by atoms with E-state index in [0.717, 1.165) is 16.6 Å². The van der Waals surface area contributed by atoms with Crippen LogP contribution in [0, 0.1) is 0 Å². The van der Waals surface area contributed by atoms with Gasteiger partial charge >= 0.3 is 0 Å². The molecule has 1 aliphatic rings. The molecule has 1 N–H and O–H groups in total. The number of fused-ring (bicyclic) bond motifs is 1. The molecule has 20 heavy (non-hydrogen) atoms. The number of rotatable bonds is 2. The van der Waals surface area contributed by atoms with Crippen LogP contribution in [0.1, 0.15) is 6.04 Å². The van der Waals surface area contributed by atoms with Crippen molar-refractivity contribution in [3.8, 4) is 11.4 Å². The molecule has 1 fully saturated rings. The van der Waals surface area contributed by atoms with Gasteiger partial charge in [0.15, 0.2) is 0 Å². The monoisotopic (exact) mass is 288 g/mol.